The highest BCUT2D eigenvalue weighted by Gasteiger charge is 2.11. The number of rotatable bonds is 7. The van der Waals surface area contributed by atoms with Gasteiger partial charge in [0.2, 0.25) is 0 Å². The third-order valence-electron chi connectivity index (χ3n) is 2.71. The second kappa shape index (κ2) is 6.93. The summed E-state index contributed by atoms with van der Waals surface area (Å²) in [5.41, 5.74) is 3.02. The van der Waals surface area contributed by atoms with Crippen LogP contribution in [0.3, 0.4) is 0 Å². The van der Waals surface area contributed by atoms with E-state index in [-0.39, 0.29) is 11.8 Å². The maximum absolute atomic E-state index is 13.0. The number of sulfone groups is 1. The first kappa shape index (κ1) is 16.0. The average molecular weight is 292 g/mol. The number of nitrogens with two attached hydrogens (primary N) is 1. The number of nitrogens with one attached hydrogen (secondary N) is 1. The molecule has 0 saturated heterocycles. The van der Waals surface area contributed by atoms with E-state index >= 15 is 0 Å². The number of benzene rings is 1. The third-order valence-corrected chi connectivity index (χ3v) is 3.74. The second-order valence-corrected chi connectivity index (χ2v) is 6.88. The zero-order chi connectivity index (χ0) is 14.5. The van der Waals surface area contributed by atoms with E-state index in [9.17, 15) is 17.2 Å². The summed E-state index contributed by atoms with van der Waals surface area (Å²) < 4.78 is 48.0. The molecule has 0 fully saturated rings. The smallest absolute Gasteiger partial charge is 0.147 e. The largest absolute Gasteiger partial charge is 0.271 e. The molecule has 108 valence electrons. The highest BCUT2D eigenvalue weighted by Crippen LogP contribution is 2.12. The van der Waals surface area contributed by atoms with Crippen molar-refractivity contribution in [3.8, 4) is 0 Å². The first-order chi connectivity index (χ1) is 8.80. The Hall–Kier alpha value is -1.05. The molecule has 0 aromatic heterocycles. The molecule has 0 aliphatic heterocycles. The molecule has 0 saturated carbocycles. The van der Waals surface area contributed by atoms with E-state index in [2.05, 4.69) is 5.43 Å². The fraction of sp³-hybridized carbons (Fsp3) is 0.500. The predicted molar refractivity (Wildman–Crippen MR) is 70.1 cm³/mol. The topological polar surface area (TPSA) is 72.2 Å². The Balaban J connectivity index is 2.56. The van der Waals surface area contributed by atoms with E-state index in [0.717, 1.165) is 6.07 Å². The Kier molecular flexibility index (Phi) is 5.84. The molecule has 1 rings (SSSR count). The molecule has 0 spiro atoms. The maximum Gasteiger partial charge on any atom is 0.147 e. The van der Waals surface area contributed by atoms with Gasteiger partial charge in [-0.15, -0.1) is 0 Å². The molecule has 0 heterocycles. The molecule has 0 aliphatic rings. The lowest BCUT2D eigenvalue weighted by molar-refractivity contribution is 0.481. The van der Waals surface area contributed by atoms with E-state index in [4.69, 9.17) is 5.84 Å². The van der Waals surface area contributed by atoms with Crippen LogP contribution < -0.4 is 11.3 Å². The molecule has 1 atom stereocenters. The summed E-state index contributed by atoms with van der Waals surface area (Å²) in [6.07, 6.45) is 2.47. The minimum absolute atomic E-state index is 0.0721. The fourth-order valence-electron chi connectivity index (χ4n) is 1.85. The van der Waals surface area contributed by atoms with E-state index in [1.54, 1.807) is 0 Å². The summed E-state index contributed by atoms with van der Waals surface area (Å²) in [5, 5.41) is 0. The average Bonchev–Trinajstić information content (AvgIpc) is 2.24. The molecule has 0 aliphatic carbocycles. The fourth-order valence-corrected chi connectivity index (χ4v) is 2.54. The van der Waals surface area contributed by atoms with Gasteiger partial charge in [0, 0.05) is 24.1 Å². The van der Waals surface area contributed by atoms with Gasteiger partial charge in [-0.3, -0.25) is 11.3 Å². The van der Waals surface area contributed by atoms with Gasteiger partial charge in [0.25, 0.3) is 0 Å². The molecule has 1 aromatic carbocycles. The van der Waals surface area contributed by atoms with Gasteiger partial charge in [-0.1, -0.05) is 0 Å². The third kappa shape index (κ3) is 6.60. The van der Waals surface area contributed by atoms with Crippen molar-refractivity contribution < 1.29 is 17.2 Å². The Morgan fingerprint density at radius 1 is 1.26 bits per heavy atom. The van der Waals surface area contributed by atoms with Crippen LogP contribution in [0.15, 0.2) is 18.2 Å². The number of hydrogen-bond acceptors (Lipinski definition) is 4. The van der Waals surface area contributed by atoms with Crippen molar-refractivity contribution in [2.45, 2.75) is 25.3 Å². The molecular formula is C12H18F2N2O2S. The Labute approximate surface area is 111 Å². The van der Waals surface area contributed by atoms with E-state index < -0.39 is 21.5 Å². The summed E-state index contributed by atoms with van der Waals surface area (Å²) in [4.78, 5) is 0. The molecule has 0 amide bonds. The van der Waals surface area contributed by atoms with Crippen molar-refractivity contribution in [3.63, 3.8) is 0 Å². The summed E-state index contributed by atoms with van der Waals surface area (Å²) in [6, 6.07) is 3.06. The Bertz CT molecular complexity index is 500. The number of halogens is 2. The first-order valence-electron chi connectivity index (χ1n) is 5.89. The van der Waals surface area contributed by atoms with Crippen molar-refractivity contribution in [3.05, 3.63) is 35.4 Å². The monoisotopic (exact) mass is 292 g/mol. The summed E-state index contributed by atoms with van der Waals surface area (Å²) in [5.74, 6) is 4.16. The molecule has 19 heavy (non-hydrogen) atoms. The molecule has 0 radical (unpaired) electrons. The van der Waals surface area contributed by atoms with Crippen LogP contribution >= 0.6 is 0 Å². The number of hydrogen-bond donors (Lipinski definition) is 2. The van der Waals surface area contributed by atoms with Crippen molar-refractivity contribution in [2.75, 3.05) is 12.0 Å². The lowest BCUT2D eigenvalue weighted by Gasteiger charge is -2.15. The van der Waals surface area contributed by atoms with Crippen LogP contribution in [0.25, 0.3) is 0 Å². The Morgan fingerprint density at radius 2 is 1.84 bits per heavy atom. The predicted octanol–water partition coefficient (Wildman–Crippen LogP) is 1.16. The normalized spacial score (nSPS) is 13.5. The van der Waals surface area contributed by atoms with Crippen LogP contribution in [0.2, 0.25) is 0 Å². The molecule has 4 nitrogen and oxygen atoms in total. The zero-order valence-electron chi connectivity index (χ0n) is 10.7. The van der Waals surface area contributed by atoms with E-state index in [0.29, 0.717) is 24.8 Å². The standard InChI is InChI=1S/C12H18F2N2O2S/c1-19(17,18)4-2-3-12(16-15)7-9-5-10(13)8-11(14)6-9/h5-6,8,12,16H,2-4,7,15H2,1H3. The molecule has 3 N–H and O–H groups in total. The van der Waals surface area contributed by atoms with Crippen molar-refractivity contribution in [1.82, 2.24) is 5.43 Å². The minimum Gasteiger partial charge on any atom is -0.271 e. The van der Waals surface area contributed by atoms with Crippen LogP contribution in [0.4, 0.5) is 8.78 Å². The van der Waals surface area contributed by atoms with Crippen molar-refractivity contribution >= 4 is 9.84 Å². The van der Waals surface area contributed by atoms with Gasteiger partial charge in [0.15, 0.2) is 0 Å². The SMILES string of the molecule is CS(=O)(=O)CCCC(Cc1cc(F)cc(F)c1)NN. The maximum atomic E-state index is 13.0. The van der Waals surface area contributed by atoms with E-state index in [1.807, 2.05) is 0 Å². The first-order valence-corrected chi connectivity index (χ1v) is 7.95. The summed E-state index contributed by atoms with van der Waals surface area (Å²) in [6.45, 7) is 0. The molecule has 1 unspecified atom stereocenters. The number of hydrazine groups is 1. The van der Waals surface area contributed by atoms with Gasteiger partial charge in [-0.25, -0.2) is 17.2 Å². The molecule has 0 bridgehead atoms. The summed E-state index contributed by atoms with van der Waals surface area (Å²) >= 11 is 0. The molecule has 7 heteroatoms. The van der Waals surface area contributed by atoms with Gasteiger partial charge in [0.05, 0.1) is 0 Å². The summed E-state index contributed by atoms with van der Waals surface area (Å²) in [7, 11) is -3.00. The van der Waals surface area contributed by atoms with Crippen molar-refractivity contribution in [2.24, 2.45) is 5.84 Å². The lowest BCUT2D eigenvalue weighted by Crippen LogP contribution is -2.37. The van der Waals surface area contributed by atoms with Gasteiger partial charge < -0.3 is 0 Å². The quantitative estimate of drug-likeness (QED) is 0.584. The lowest BCUT2D eigenvalue weighted by atomic mass is 10.0. The van der Waals surface area contributed by atoms with Crippen molar-refractivity contribution in [1.29, 1.82) is 0 Å². The second-order valence-electron chi connectivity index (χ2n) is 4.62. The minimum atomic E-state index is -3.00. The van der Waals surface area contributed by atoms with Gasteiger partial charge in [-0.2, -0.15) is 0 Å². The highest BCUT2D eigenvalue weighted by molar-refractivity contribution is 7.90. The van der Waals surface area contributed by atoms with Crippen LogP contribution in [0, 0.1) is 11.6 Å². The van der Waals surface area contributed by atoms with Gasteiger partial charge >= 0.3 is 0 Å². The zero-order valence-corrected chi connectivity index (χ0v) is 11.5. The highest BCUT2D eigenvalue weighted by atomic mass is 32.2. The van der Waals surface area contributed by atoms with Crippen LogP contribution in [0.5, 0.6) is 0 Å². The van der Waals surface area contributed by atoms with Crippen LogP contribution in [-0.2, 0) is 16.3 Å². The Morgan fingerprint density at radius 3 is 2.32 bits per heavy atom. The van der Waals surface area contributed by atoms with E-state index in [1.165, 1.54) is 18.4 Å². The van der Waals surface area contributed by atoms with Crippen LogP contribution in [0.1, 0.15) is 18.4 Å². The van der Waals surface area contributed by atoms with Crippen LogP contribution in [-0.4, -0.2) is 26.5 Å². The molecule has 1 aromatic rings. The van der Waals surface area contributed by atoms with Gasteiger partial charge in [-0.05, 0) is 37.0 Å². The molecular weight excluding hydrogens is 274 g/mol. The van der Waals surface area contributed by atoms with Gasteiger partial charge in [0.1, 0.15) is 21.5 Å².